The van der Waals surface area contributed by atoms with Crippen LogP contribution in [-0.2, 0) is 10.0 Å². The fourth-order valence-corrected chi connectivity index (χ4v) is 5.36. The highest BCUT2D eigenvalue weighted by atomic mass is 32.2. The van der Waals surface area contributed by atoms with E-state index in [2.05, 4.69) is 19.9 Å². The normalized spacial score (nSPS) is 17.1. The second-order valence-corrected chi connectivity index (χ2v) is 11.2. The monoisotopic (exact) mass is 530 g/mol. The van der Waals surface area contributed by atoms with Gasteiger partial charge in [-0.2, -0.15) is 0 Å². The van der Waals surface area contributed by atoms with Gasteiger partial charge in [-0.15, -0.1) is 0 Å². The highest BCUT2D eigenvalue weighted by Gasteiger charge is 2.23. The third-order valence-corrected chi connectivity index (χ3v) is 7.14. The fraction of sp³-hybridized carbons (Fsp3) is 0.480. The first-order chi connectivity index (χ1) is 17.8. The van der Waals surface area contributed by atoms with Crippen molar-refractivity contribution in [2.24, 2.45) is 0 Å². The number of ether oxygens (including phenoxy) is 2. The van der Waals surface area contributed by atoms with Crippen LogP contribution >= 0.6 is 0 Å². The fourth-order valence-electron chi connectivity index (χ4n) is 4.81. The van der Waals surface area contributed by atoms with Crippen molar-refractivity contribution in [3.63, 3.8) is 0 Å². The van der Waals surface area contributed by atoms with E-state index >= 15 is 0 Å². The van der Waals surface area contributed by atoms with E-state index in [0.29, 0.717) is 33.9 Å². The van der Waals surface area contributed by atoms with Crippen molar-refractivity contribution in [1.82, 2.24) is 20.3 Å². The maximum atomic E-state index is 14.9. The van der Waals surface area contributed by atoms with Crippen LogP contribution in [-0.4, -0.2) is 69.0 Å². The van der Waals surface area contributed by atoms with E-state index in [4.69, 9.17) is 19.4 Å². The molecule has 2 N–H and O–H groups in total. The second kappa shape index (κ2) is 10.6. The summed E-state index contributed by atoms with van der Waals surface area (Å²) in [4.78, 5) is 16.1. The molecule has 2 aliphatic rings. The topological polar surface area (TPSA) is 119 Å². The molecule has 0 amide bonds. The first-order valence-electron chi connectivity index (χ1n) is 12.5. The van der Waals surface area contributed by atoms with Crippen LogP contribution in [0.1, 0.15) is 32.1 Å². The summed E-state index contributed by atoms with van der Waals surface area (Å²) < 4.78 is 52.9. The van der Waals surface area contributed by atoms with Gasteiger partial charge in [0.2, 0.25) is 21.9 Å². The Kier molecular flexibility index (Phi) is 7.29. The number of nitrogens with one attached hydrogen (secondary N) is 2. The van der Waals surface area contributed by atoms with Crippen LogP contribution in [0, 0.1) is 5.82 Å². The van der Waals surface area contributed by atoms with E-state index < -0.39 is 15.8 Å². The van der Waals surface area contributed by atoms with E-state index in [1.165, 1.54) is 25.4 Å². The average Bonchev–Trinajstić information content (AvgIpc) is 2.88. The molecule has 4 heterocycles. The predicted molar refractivity (Wildman–Crippen MR) is 140 cm³/mol. The third kappa shape index (κ3) is 5.85. The minimum Gasteiger partial charge on any atom is -0.488 e. The molecule has 0 saturated carbocycles. The SMILES string of the molecule is COc1ncc(-c2nc(N3CCCCC3)nc3c(OC4CCNCC4)cc(F)cc23)cc1NS(C)(=O)=O. The molecule has 2 aliphatic heterocycles. The molecule has 198 valence electrons. The quantitative estimate of drug-likeness (QED) is 0.474. The molecule has 2 fully saturated rings. The Morgan fingerprint density at radius 3 is 2.57 bits per heavy atom. The molecule has 1 aromatic carbocycles. The molecule has 0 radical (unpaired) electrons. The van der Waals surface area contributed by atoms with E-state index in [1.807, 2.05) is 0 Å². The van der Waals surface area contributed by atoms with Gasteiger partial charge in [0.05, 0.1) is 19.1 Å². The van der Waals surface area contributed by atoms with Crippen LogP contribution in [0.2, 0.25) is 0 Å². The van der Waals surface area contributed by atoms with Gasteiger partial charge in [0, 0.05) is 36.3 Å². The van der Waals surface area contributed by atoms with Crippen molar-refractivity contribution in [2.75, 3.05) is 49.2 Å². The van der Waals surface area contributed by atoms with Crippen molar-refractivity contribution in [3.8, 4) is 22.9 Å². The van der Waals surface area contributed by atoms with Crippen LogP contribution in [0.4, 0.5) is 16.0 Å². The highest BCUT2D eigenvalue weighted by Crippen LogP contribution is 2.37. The number of methoxy groups -OCH3 is 1. The molecule has 10 nitrogen and oxygen atoms in total. The lowest BCUT2D eigenvalue weighted by atomic mass is 10.1. The van der Waals surface area contributed by atoms with E-state index in [9.17, 15) is 12.8 Å². The van der Waals surface area contributed by atoms with Crippen molar-refractivity contribution in [1.29, 1.82) is 0 Å². The minimum atomic E-state index is -3.60. The molecule has 0 aliphatic carbocycles. The predicted octanol–water partition coefficient (Wildman–Crippen LogP) is 3.33. The van der Waals surface area contributed by atoms with Crippen molar-refractivity contribution < 1.29 is 22.3 Å². The number of aromatic nitrogens is 3. The smallest absolute Gasteiger partial charge is 0.238 e. The Bertz CT molecular complexity index is 1390. The van der Waals surface area contributed by atoms with Gasteiger partial charge in [-0.25, -0.2) is 27.8 Å². The lowest BCUT2D eigenvalue weighted by molar-refractivity contribution is 0.164. The van der Waals surface area contributed by atoms with E-state index in [0.717, 1.165) is 64.5 Å². The highest BCUT2D eigenvalue weighted by molar-refractivity contribution is 7.92. The number of halogens is 1. The van der Waals surface area contributed by atoms with Gasteiger partial charge in [-0.3, -0.25) is 4.72 Å². The zero-order valence-corrected chi connectivity index (χ0v) is 21.8. The first kappa shape index (κ1) is 25.4. The molecule has 12 heteroatoms. The molecule has 37 heavy (non-hydrogen) atoms. The van der Waals surface area contributed by atoms with E-state index in [1.54, 1.807) is 6.07 Å². The molecule has 5 rings (SSSR count). The van der Waals surface area contributed by atoms with E-state index in [-0.39, 0.29) is 17.7 Å². The number of hydrogen-bond acceptors (Lipinski definition) is 9. The van der Waals surface area contributed by atoms with Gasteiger partial charge in [-0.1, -0.05) is 0 Å². The van der Waals surface area contributed by atoms with Crippen LogP contribution in [0.5, 0.6) is 11.6 Å². The lowest BCUT2D eigenvalue weighted by Gasteiger charge is -2.28. The zero-order valence-electron chi connectivity index (χ0n) is 21.0. The lowest BCUT2D eigenvalue weighted by Crippen LogP contribution is -2.34. The zero-order chi connectivity index (χ0) is 26.0. The molecule has 0 bridgehead atoms. The maximum absolute atomic E-state index is 14.9. The number of nitrogens with zero attached hydrogens (tertiary/aromatic N) is 4. The number of benzene rings is 1. The number of piperidine rings is 2. The molecule has 0 unspecified atom stereocenters. The second-order valence-electron chi connectivity index (χ2n) is 9.44. The molecular formula is C25H31FN6O4S. The summed E-state index contributed by atoms with van der Waals surface area (Å²) in [6.45, 7) is 3.31. The van der Waals surface area contributed by atoms with Gasteiger partial charge in [-0.05, 0) is 57.3 Å². The van der Waals surface area contributed by atoms with Crippen LogP contribution in [0.15, 0.2) is 24.4 Å². The van der Waals surface area contributed by atoms with Gasteiger partial charge >= 0.3 is 0 Å². The third-order valence-electron chi connectivity index (χ3n) is 6.55. The molecular weight excluding hydrogens is 499 g/mol. The summed E-state index contributed by atoms with van der Waals surface area (Å²) in [7, 11) is -2.20. The summed E-state index contributed by atoms with van der Waals surface area (Å²) >= 11 is 0. The number of rotatable bonds is 7. The Balaban J connectivity index is 1.68. The summed E-state index contributed by atoms with van der Waals surface area (Å²) in [5.41, 5.74) is 1.61. The average molecular weight is 531 g/mol. The maximum Gasteiger partial charge on any atom is 0.238 e. The van der Waals surface area contributed by atoms with Crippen LogP contribution in [0.3, 0.4) is 0 Å². The molecule has 0 atom stereocenters. The molecule has 2 aromatic heterocycles. The number of hydrogen-bond donors (Lipinski definition) is 2. The van der Waals surface area contributed by atoms with Gasteiger partial charge in [0.25, 0.3) is 0 Å². The Hall–Kier alpha value is -3.25. The van der Waals surface area contributed by atoms with Crippen LogP contribution < -0.4 is 24.4 Å². The summed E-state index contributed by atoms with van der Waals surface area (Å²) in [5, 5.41) is 3.77. The summed E-state index contributed by atoms with van der Waals surface area (Å²) in [5.74, 6) is 0.546. The molecule has 2 saturated heterocycles. The Labute approximate surface area is 215 Å². The number of fused-ring (bicyclic) bond motifs is 1. The summed E-state index contributed by atoms with van der Waals surface area (Å²) in [6, 6.07) is 4.35. The van der Waals surface area contributed by atoms with Crippen molar-refractivity contribution >= 4 is 32.6 Å². The number of anilines is 2. The molecule has 3 aromatic rings. The molecule has 0 spiro atoms. The van der Waals surface area contributed by atoms with Gasteiger partial charge in [0.15, 0.2) is 0 Å². The first-order valence-corrected chi connectivity index (χ1v) is 14.4. The van der Waals surface area contributed by atoms with Crippen molar-refractivity contribution in [2.45, 2.75) is 38.2 Å². The van der Waals surface area contributed by atoms with Gasteiger partial charge in [0.1, 0.15) is 28.9 Å². The summed E-state index contributed by atoms with van der Waals surface area (Å²) in [6.07, 6.45) is 7.39. The Morgan fingerprint density at radius 2 is 1.86 bits per heavy atom. The number of pyridine rings is 1. The van der Waals surface area contributed by atoms with Crippen molar-refractivity contribution in [3.05, 3.63) is 30.2 Å². The van der Waals surface area contributed by atoms with Crippen LogP contribution in [0.25, 0.3) is 22.2 Å². The van der Waals surface area contributed by atoms with Gasteiger partial charge < -0.3 is 19.7 Å². The minimum absolute atomic E-state index is 0.0451. The number of sulfonamides is 1. The Morgan fingerprint density at radius 1 is 1.11 bits per heavy atom. The standard InChI is InChI=1S/C25H31FN6O4S/c1-35-24-20(31-37(2,33)34)12-16(15-28-24)22-19-13-17(26)14-21(36-18-6-8-27-9-7-18)23(19)30-25(29-22)32-10-4-3-5-11-32/h12-15,18,27,31H,3-11H2,1-2H3. The largest absolute Gasteiger partial charge is 0.488 e.